The number of carbonyl (C=O) groups is 1. The third kappa shape index (κ3) is 3.00. The van der Waals surface area contributed by atoms with Crippen LogP contribution in [0, 0.1) is 5.92 Å². The number of rotatable bonds is 3. The molecule has 1 amide bonds. The van der Waals surface area contributed by atoms with E-state index in [0.29, 0.717) is 29.7 Å². The van der Waals surface area contributed by atoms with Crippen molar-refractivity contribution in [2.45, 2.75) is 12.8 Å². The lowest BCUT2D eigenvalue weighted by Gasteiger charge is -2.30. The minimum Gasteiger partial charge on any atom is -0.396 e. The van der Waals surface area contributed by atoms with E-state index in [1.807, 2.05) is 18.2 Å². The number of aliphatic hydroxyl groups excluding tert-OH is 1. The number of carbonyl (C=O) groups excluding carboxylic acids is 1. The minimum atomic E-state index is -0.0674. The lowest BCUT2D eigenvalue weighted by atomic mass is 9.98. The highest BCUT2D eigenvalue weighted by atomic mass is 35.5. The molecule has 0 atom stereocenters. The summed E-state index contributed by atoms with van der Waals surface area (Å²) < 4.78 is 1.62. The molecule has 1 aromatic carbocycles. The van der Waals surface area contributed by atoms with Crippen LogP contribution >= 0.6 is 11.6 Å². The molecule has 6 heteroatoms. The van der Waals surface area contributed by atoms with Gasteiger partial charge in [-0.1, -0.05) is 23.7 Å². The Hall–Kier alpha value is -1.85. The van der Waals surface area contributed by atoms with E-state index < -0.39 is 0 Å². The molecule has 0 saturated carbocycles. The van der Waals surface area contributed by atoms with Gasteiger partial charge in [-0.2, -0.15) is 5.10 Å². The molecule has 0 bridgehead atoms. The molecule has 5 nitrogen and oxygen atoms in total. The zero-order valence-electron chi connectivity index (χ0n) is 12.2. The highest BCUT2D eigenvalue weighted by Crippen LogP contribution is 2.21. The summed E-state index contributed by atoms with van der Waals surface area (Å²) in [5.74, 6) is 0.243. The van der Waals surface area contributed by atoms with Gasteiger partial charge < -0.3 is 10.0 Å². The maximum absolute atomic E-state index is 12.5. The highest BCUT2D eigenvalue weighted by molar-refractivity contribution is 6.32. The van der Waals surface area contributed by atoms with E-state index in [4.69, 9.17) is 16.7 Å². The van der Waals surface area contributed by atoms with Gasteiger partial charge in [0, 0.05) is 25.9 Å². The SMILES string of the molecule is O=C(c1ccn(-c2ccccc2Cl)n1)N1CCC(CO)CC1. The van der Waals surface area contributed by atoms with Gasteiger partial charge >= 0.3 is 0 Å². The Labute approximate surface area is 134 Å². The molecular formula is C16H18ClN3O2. The molecule has 1 fully saturated rings. The Morgan fingerprint density at radius 2 is 2.00 bits per heavy atom. The first-order valence-electron chi connectivity index (χ1n) is 7.39. The van der Waals surface area contributed by atoms with E-state index in [1.54, 1.807) is 27.9 Å². The van der Waals surface area contributed by atoms with Crippen LogP contribution in [0.15, 0.2) is 36.5 Å². The summed E-state index contributed by atoms with van der Waals surface area (Å²) >= 11 is 6.15. The summed E-state index contributed by atoms with van der Waals surface area (Å²) in [5.41, 5.74) is 1.17. The molecule has 0 unspecified atom stereocenters. The topological polar surface area (TPSA) is 58.4 Å². The van der Waals surface area contributed by atoms with Gasteiger partial charge in [0.05, 0.1) is 10.7 Å². The standard InChI is InChI=1S/C16H18ClN3O2/c17-13-3-1-2-4-15(13)20-10-7-14(18-20)16(22)19-8-5-12(11-21)6-9-19/h1-4,7,10,12,21H,5-6,8-9,11H2. The van der Waals surface area contributed by atoms with Gasteiger partial charge in [-0.3, -0.25) is 4.79 Å². The molecule has 116 valence electrons. The molecule has 1 aromatic heterocycles. The quantitative estimate of drug-likeness (QED) is 0.945. The van der Waals surface area contributed by atoms with Crippen LogP contribution in [0.2, 0.25) is 5.02 Å². The van der Waals surface area contributed by atoms with Crippen LogP contribution in [-0.2, 0) is 0 Å². The minimum absolute atomic E-state index is 0.0674. The van der Waals surface area contributed by atoms with Gasteiger partial charge in [0.1, 0.15) is 0 Å². The Balaban J connectivity index is 1.74. The van der Waals surface area contributed by atoms with Crippen molar-refractivity contribution in [3.8, 4) is 5.69 Å². The fraction of sp³-hybridized carbons (Fsp3) is 0.375. The van der Waals surface area contributed by atoms with E-state index in [-0.39, 0.29) is 12.5 Å². The van der Waals surface area contributed by atoms with E-state index >= 15 is 0 Å². The maximum Gasteiger partial charge on any atom is 0.274 e. The van der Waals surface area contributed by atoms with E-state index in [0.717, 1.165) is 18.5 Å². The Kier molecular flexibility index (Phi) is 4.45. The Morgan fingerprint density at radius 1 is 1.27 bits per heavy atom. The number of para-hydroxylation sites is 1. The van der Waals surface area contributed by atoms with E-state index in [2.05, 4.69) is 5.10 Å². The first-order chi connectivity index (χ1) is 10.7. The molecule has 0 radical (unpaired) electrons. The van der Waals surface area contributed by atoms with Gasteiger partial charge in [-0.05, 0) is 37.0 Å². The smallest absolute Gasteiger partial charge is 0.274 e. The summed E-state index contributed by atoms with van der Waals surface area (Å²) in [4.78, 5) is 14.3. The molecule has 22 heavy (non-hydrogen) atoms. The zero-order chi connectivity index (χ0) is 15.5. The van der Waals surface area contributed by atoms with Crippen molar-refractivity contribution in [1.29, 1.82) is 0 Å². The van der Waals surface area contributed by atoms with Crippen molar-refractivity contribution in [3.63, 3.8) is 0 Å². The lowest BCUT2D eigenvalue weighted by molar-refractivity contribution is 0.0644. The number of aliphatic hydroxyl groups is 1. The first kappa shape index (κ1) is 15.1. The predicted molar refractivity (Wildman–Crippen MR) is 84.3 cm³/mol. The third-order valence-corrected chi connectivity index (χ3v) is 4.39. The van der Waals surface area contributed by atoms with Crippen LogP contribution < -0.4 is 0 Å². The Morgan fingerprint density at radius 3 is 2.68 bits per heavy atom. The number of piperidine rings is 1. The lowest BCUT2D eigenvalue weighted by Crippen LogP contribution is -2.39. The predicted octanol–water partition coefficient (Wildman–Crippen LogP) is 2.37. The fourth-order valence-corrected chi connectivity index (χ4v) is 2.91. The van der Waals surface area contributed by atoms with Gasteiger partial charge in [-0.15, -0.1) is 0 Å². The fourth-order valence-electron chi connectivity index (χ4n) is 2.69. The molecule has 1 saturated heterocycles. The van der Waals surface area contributed by atoms with Crippen molar-refractivity contribution < 1.29 is 9.90 Å². The Bertz CT molecular complexity index is 663. The summed E-state index contributed by atoms with van der Waals surface area (Å²) in [7, 11) is 0. The average molecular weight is 320 g/mol. The maximum atomic E-state index is 12.5. The van der Waals surface area contributed by atoms with Crippen LogP contribution in [0.5, 0.6) is 0 Å². The molecule has 0 spiro atoms. The molecule has 1 N–H and O–H groups in total. The van der Waals surface area contributed by atoms with Gasteiger partial charge in [0.15, 0.2) is 5.69 Å². The third-order valence-electron chi connectivity index (χ3n) is 4.07. The first-order valence-corrected chi connectivity index (χ1v) is 7.77. The second-order valence-corrected chi connectivity index (χ2v) is 5.92. The van der Waals surface area contributed by atoms with Crippen molar-refractivity contribution in [3.05, 3.63) is 47.2 Å². The van der Waals surface area contributed by atoms with Crippen LogP contribution in [0.1, 0.15) is 23.3 Å². The van der Waals surface area contributed by atoms with Crippen LogP contribution in [0.4, 0.5) is 0 Å². The van der Waals surface area contributed by atoms with Crippen LogP contribution in [-0.4, -0.2) is 45.4 Å². The molecule has 2 aromatic rings. The summed E-state index contributed by atoms with van der Waals surface area (Å²) in [6.45, 7) is 1.54. The van der Waals surface area contributed by atoms with Crippen molar-refractivity contribution in [2.75, 3.05) is 19.7 Å². The van der Waals surface area contributed by atoms with Crippen LogP contribution in [0.25, 0.3) is 5.69 Å². The number of likely N-dealkylation sites (tertiary alicyclic amines) is 1. The number of hydrogen-bond acceptors (Lipinski definition) is 3. The largest absolute Gasteiger partial charge is 0.396 e. The second-order valence-electron chi connectivity index (χ2n) is 5.52. The molecule has 2 heterocycles. The number of halogens is 1. The number of amides is 1. The number of nitrogens with zero attached hydrogens (tertiary/aromatic N) is 3. The molecule has 1 aliphatic heterocycles. The number of aromatic nitrogens is 2. The molecule has 1 aliphatic rings. The summed E-state index contributed by atoms with van der Waals surface area (Å²) in [5, 5.41) is 14.1. The highest BCUT2D eigenvalue weighted by Gasteiger charge is 2.24. The average Bonchev–Trinajstić information content (AvgIpc) is 3.04. The monoisotopic (exact) mass is 319 g/mol. The second kappa shape index (κ2) is 6.50. The van der Waals surface area contributed by atoms with Crippen molar-refractivity contribution in [1.82, 2.24) is 14.7 Å². The van der Waals surface area contributed by atoms with Crippen molar-refractivity contribution in [2.24, 2.45) is 5.92 Å². The number of benzene rings is 1. The number of hydrogen-bond donors (Lipinski definition) is 1. The van der Waals surface area contributed by atoms with Gasteiger partial charge in [-0.25, -0.2) is 4.68 Å². The van der Waals surface area contributed by atoms with Crippen molar-refractivity contribution >= 4 is 17.5 Å². The zero-order valence-corrected chi connectivity index (χ0v) is 12.9. The molecule has 3 rings (SSSR count). The molecule has 0 aliphatic carbocycles. The van der Waals surface area contributed by atoms with Crippen LogP contribution in [0.3, 0.4) is 0 Å². The van der Waals surface area contributed by atoms with E-state index in [1.165, 1.54) is 0 Å². The summed E-state index contributed by atoms with van der Waals surface area (Å²) in [6, 6.07) is 9.09. The van der Waals surface area contributed by atoms with Gasteiger partial charge in [0.2, 0.25) is 0 Å². The summed E-state index contributed by atoms with van der Waals surface area (Å²) in [6.07, 6.45) is 3.43. The van der Waals surface area contributed by atoms with E-state index in [9.17, 15) is 4.79 Å². The van der Waals surface area contributed by atoms with Gasteiger partial charge in [0.25, 0.3) is 5.91 Å². The normalized spacial score (nSPS) is 16.0. The molecular weight excluding hydrogens is 302 g/mol.